The maximum Gasteiger partial charge on any atom is 0.261 e. The monoisotopic (exact) mass is 443 g/mol. The molecule has 0 spiro atoms. The van der Waals surface area contributed by atoms with Crippen molar-refractivity contribution in [2.24, 2.45) is 0 Å². The number of nitrogens with one attached hydrogen (secondary N) is 3. The van der Waals surface area contributed by atoms with E-state index in [1.54, 1.807) is 48.5 Å². The van der Waals surface area contributed by atoms with Crippen molar-refractivity contribution in [1.82, 2.24) is 10.6 Å². The summed E-state index contributed by atoms with van der Waals surface area (Å²) in [6.07, 6.45) is 0. The molecule has 7 nitrogen and oxygen atoms in total. The van der Waals surface area contributed by atoms with Gasteiger partial charge in [-0.25, -0.2) is 0 Å². The zero-order chi connectivity index (χ0) is 22.9. The van der Waals surface area contributed by atoms with E-state index in [0.29, 0.717) is 42.4 Å². The third-order valence-corrected chi connectivity index (χ3v) is 4.16. The molecule has 0 aliphatic rings. The van der Waals surface area contributed by atoms with Gasteiger partial charge in [0.05, 0.1) is 23.4 Å². The van der Waals surface area contributed by atoms with Gasteiger partial charge >= 0.3 is 0 Å². The van der Waals surface area contributed by atoms with Gasteiger partial charge in [0.25, 0.3) is 11.8 Å². The quantitative estimate of drug-likeness (QED) is 0.425. The number of amides is 2. The number of hydrogen-bond acceptors (Lipinski definition) is 5. The fourth-order valence-electron chi connectivity index (χ4n) is 2.66. The van der Waals surface area contributed by atoms with Crippen LogP contribution in [0.1, 0.15) is 48.4 Å². The zero-order valence-electron chi connectivity index (χ0n) is 18.3. The molecule has 2 aromatic carbocycles. The molecular weight excluding hydrogens is 414 g/mol. The lowest BCUT2D eigenvalue weighted by atomic mass is 10.1. The first kappa shape index (κ1) is 24.3. The lowest BCUT2D eigenvalue weighted by molar-refractivity contribution is 0.0919. The van der Waals surface area contributed by atoms with Crippen LogP contribution in [0.4, 0.5) is 5.69 Å². The Morgan fingerprint density at radius 2 is 1.58 bits per heavy atom. The van der Waals surface area contributed by atoms with Gasteiger partial charge < -0.3 is 20.1 Å². The van der Waals surface area contributed by atoms with Crippen molar-refractivity contribution >= 4 is 34.8 Å². The van der Waals surface area contributed by atoms with E-state index in [2.05, 4.69) is 16.0 Å². The predicted molar refractivity (Wildman–Crippen MR) is 126 cm³/mol. The van der Waals surface area contributed by atoms with Gasteiger partial charge in [0.1, 0.15) is 12.4 Å². The van der Waals surface area contributed by atoms with Crippen molar-refractivity contribution in [2.75, 3.05) is 25.1 Å². The average Bonchev–Trinajstić information content (AvgIpc) is 2.70. The van der Waals surface area contributed by atoms with E-state index in [1.807, 2.05) is 27.7 Å². The van der Waals surface area contributed by atoms with Crippen LogP contribution in [0.2, 0.25) is 0 Å². The first-order valence-corrected chi connectivity index (χ1v) is 10.5. The second-order valence-electron chi connectivity index (χ2n) is 7.70. The van der Waals surface area contributed by atoms with Crippen molar-refractivity contribution < 1.29 is 19.1 Å². The Morgan fingerprint density at radius 3 is 2.26 bits per heavy atom. The summed E-state index contributed by atoms with van der Waals surface area (Å²) in [6, 6.07) is 13.8. The second-order valence-corrected chi connectivity index (χ2v) is 8.11. The Balaban J connectivity index is 2.06. The molecule has 0 bridgehead atoms. The van der Waals surface area contributed by atoms with E-state index in [-0.39, 0.29) is 16.6 Å². The second kappa shape index (κ2) is 11.4. The largest absolute Gasteiger partial charge is 0.490 e. The summed E-state index contributed by atoms with van der Waals surface area (Å²) in [5, 5.41) is 8.56. The van der Waals surface area contributed by atoms with Gasteiger partial charge in [0.2, 0.25) is 0 Å². The summed E-state index contributed by atoms with van der Waals surface area (Å²) in [5.74, 6) is -0.216. The number of thiocarbonyl (C=S) groups is 1. The fraction of sp³-hybridized carbons (Fsp3) is 0.348. The lowest BCUT2D eigenvalue weighted by Crippen LogP contribution is -2.41. The number of carbonyl (C=O) groups is 2. The molecule has 0 aromatic heterocycles. The maximum atomic E-state index is 12.7. The first-order chi connectivity index (χ1) is 14.7. The highest BCUT2D eigenvalue weighted by Crippen LogP contribution is 2.19. The van der Waals surface area contributed by atoms with Crippen LogP contribution in [0.25, 0.3) is 0 Å². The lowest BCUT2D eigenvalue weighted by Gasteiger charge is -2.22. The third-order valence-electron chi connectivity index (χ3n) is 3.96. The van der Waals surface area contributed by atoms with E-state index in [9.17, 15) is 9.59 Å². The van der Waals surface area contributed by atoms with Gasteiger partial charge in [-0.2, -0.15) is 0 Å². The molecule has 31 heavy (non-hydrogen) atoms. The minimum Gasteiger partial charge on any atom is -0.490 e. The molecule has 0 atom stereocenters. The summed E-state index contributed by atoms with van der Waals surface area (Å²) < 4.78 is 10.9. The Labute approximate surface area is 188 Å². The highest BCUT2D eigenvalue weighted by Gasteiger charge is 2.19. The minimum atomic E-state index is -0.416. The zero-order valence-corrected chi connectivity index (χ0v) is 19.1. The number of hydrogen-bond donors (Lipinski definition) is 3. The molecule has 0 saturated carbocycles. The number of para-hydroxylation sites is 2. The Bertz CT molecular complexity index is 925. The minimum absolute atomic E-state index is 0.0742. The summed E-state index contributed by atoms with van der Waals surface area (Å²) in [7, 11) is 0. The smallest absolute Gasteiger partial charge is 0.261 e. The van der Waals surface area contributed by atoms with Crippen LogP contribution < -0.4 is 20.7 Å². The van der Waals surface area contributed by atoms with Crippen LogP contribution in [-0.4, -0.2) is 42.3 Å². The van der Waals surface area contributed by atoms with E-state index in [0.717, 1.165) is 0 Å². The van der Waals surface area contributed by atoms with Gasteiger partial charge in [0, 0.05) is 12.1 Å². The Hall–Kier alpha value is -2.97. The molecule has 0 fully saturated rings. The highest BCUT2D eigenvalue weighted by atomic mass is 32.1. The molecule has 0 aliphatic carbocycles. The molecule has 2 aromatic rings. The van der Waals surface area contributed by atoms with Crippen LogP contribution in [0, 0.1) is 0 Å². The van der Waals surface area contributed by atoms with Crippen LogP contribution in [0.3, 0.4) is 0 Å². The van der Waals surface area contributed by atoms with Crippen LogP contribution in [-0.2, 0) is 4.74 Å². The van der Waals surface area contributed by atoms with E-state index in [4.69, 9.17) is 21.7 Å². The normalized spacial score (nSPS) is 10.8. The molecule has 0 heterocycles. The number of benzene rings is 2. The molecule has 3 N–H and O–H groups in total. The molecule has 0 aliphatic heterocycles. The average molecular weight is 444 g/mol. The summed E-state index contributed by atoms with van der Waals surface area (Å²) >= 11 is 5.30. The highest BCUT2D eigenvalue weighted by molar-refractivity contribution is 7.80. The van der Waals surface area contributed by atoms with Crippen molar-refractivity contribution in [3.05, 3.63) is 59.7 Å². The summed E-state index contributed by atoms with van der Waals surface area (Å²) in [4.78, 5) is 25.3. The number of carbonyl (C=O) groups excluding carboxylic acids is 2. The molecule has 0 radical (unpaired) electrons. The van der Waals surface area contributed by atoms with Crippen LogP contribution in [0.5, 0.6) is 5.75 Å². The van der Waals surface area contributed by atoms with Crippen molar-refractivity contribution in [3.8, 4) is 5.75 Å². The van der Waals surface area contributed by atoms with Gasteiger partial charge in [-0.15, -0.1) is 0 Å². The summed E-state index contributed by atoms with van der Waals surface area (Å²) in [5.41, 5.74) is 0.886. The molecule has 0 unspecified atom stereocenters. The Kier molecular flexibility index (Phi) is 8.96. The fourth-order valence-corrected chi connectivity index (χ4v) is 2.86. The third kappa shape index (κ3) is 7.99. The van der Waals surface area contributed by atoms with Gasteiger partial charge in [-0.3, -0.25) is 14.9 Å². The first-order valence-electron chi connectivity index (χ1n) is 10.0. The molecule has 2 rings (SSSR count). The molecular formula is C23H29N3O4S. The van der Waals surface area contributed by atoms with Gasteiger partial charge in [-0.05, 0) is 64.2 Å². The molecule has 0 saturated heterocycles. The van der Waals surface area contributed by atoms with Crippen molar-refractivity contribution in [3.63, 3.8) is 0 Å². The predicted octanol–water partition coefficient (Wildman–Crippen LogP) is 3.76. The standard InChI is InChI=1S/C23H29N3O4S/c1-5-29-14-15-30-19-13-9-7-11-17(19)20(27)25-22(31)24-18-12-8-6-10-16(18)21(28)26-23(2,3)4/h6-13H,5,14-15H2,1-4H3,(H,26,28)(H2,24,25,27,31). The number of rotatable bonds is 8. The summed E-state index contributed by atoms with van der Waals surface area (Å²) in [6.45, 7) is 8.97. The van der Waals surface area contributed by atoms with Crippen molar-refractivity contribution in [2.45, 2.75) is 33.2 Å². The molecule has 166 valence electrons. The topological polar surface area (TPSA) is 88.7 Å². The van der Waals surface area contributed by atoms with Crippen LogP contribution >= 0.6 is 12.2 Å². The van der Waals surface area contributed by atoms with Crippen LogP contribution in [0.15, 0.2) is 48.5 Å². The maximum absolute atomic E-state index is 12.7. The van der Waals surface area contributed by atoms with E-state index < -0.39 is 5.91 Å². The molecule has 2 amide bonds. The SMILES string of the molecule is CCOCCOc1ccccc1C(=O)NC(=S)Nc1ccccc1C(=O)NC(C)(C)C. The van der Waals surface area contributed by atoms with E-state index in [1.165, 1.54) is 0 Å². The molecule has 8 heteroatoms. The number of ether oxygens (including phenoxy) is 2. The van der Waals surface area contributed by atoms with Crippen molar-refractivity contribution in [1.29, 1.82) is 0 Å². The van der Waals surface area contributed by atoms with Gasteiger partial charge in [0.15, 0.2) is 5.11 Å². The van der Waals surface area contributed by atoms with E-state index >= 15 is 0 Å². The Morgan fingerprint density at radius 1 is 0.935 bits per heavy atom. The van der Waals surface area contributed by atoms with Gasteiger partial charge in [-0.1, -0.05) is 24.3 Å². The number of anilines is 1.